The highest BCUT2D eigenvalue weighted by molar-refractivity contribution is 5.84. The van der Waals surface area contributed by atoms with Gasteiger partial charge in [-0.1, -0.05) is 48.5 Å². The summed E-state index contributed by atoms with van der Waals surface area (Å²) in [7, 11) is 0. The molecule has 2 N–H and O–H groups in total. The Morgan fingerprint density at radius 2 is 1.48 bits per heavy atom. The van der Waals surface area contributed by atoms with E-state index in [1.165, 1.54) is 0 Å². The lowest BCUT2D eigenvalue weighted by Crippen LogP contribution is -2.49. The maximum absolute atomic E-state index is 12.9. The summed E-state index contributed by atoms with van der Waals surface area (Å²) in [6.07, 6.45) is -1.87. The van der Waals surface area contributed by atoms with E-state index in [1.807, 2.05) is 48.5 Å². The van der Waals surface area contributed by atoms with E-state index in [9.17, 15) is 19.5 Å². The molecule has 0 saturated carbocycles. The van der Waals surface area contributed by atoms with Crippen LogP contribution in [-0.4, -0.2) is 51.6 Å². The van der Waals surface area contributed by atoms with Crippen molar-refractivity contribution < 1.29 is 34.2 Å². The molecule has 2 aromatic carbocycles. The van der Waals surface area contributed by atoms with Crippen LogP contribution in [0.15, 0.2) is 48.5 Å². The van der Waals surface area contributed by atoms with E-state index in [1.54, 1.807) is 20.8 Å². The summed E-state index contributed by atoms with van der Waals surface area (Å²) in [5, 5.41) is 19.1. The standard InChI is InChI=1S/C23H25NO7/c1-23(2,3)31-24(19(21(27)28)12-20(25)26)22(29)30-13-18-16-10-6-4-8-14(16)15-9-5-7-11-17(15)18/h4-11,18-19H,12-13H2,1-3H3,(H,25,26)(H,27,28)/t19-/m0/s1. The highest BCUT2D eigenvalue weighted by atomic mass is 16.7. The molecule has 0 saturated heterocycles. The van der Waals surface area contributed by atoms with Crippen LogP contribution in [0.4, 0.5) is 4.79 Å². The number of amides is 1. The SMILES string of the molecule is CC(C)(C)ON(C(=O)OCC1c2ccccc2-c2ccccc21)[C@@H](CC(=O)O)C(=O)O. The summed E-state index contributed by atoms with van der Waals surface area (Å²) >= 11 is 0. The van der Waals surface area contributed by atoms with Crippen LogP contribution >= 0.6 is 0 Å². The third kappa shape index (κ3) is 5.03. The molecule has 0 spiro atoms. The van der Waals surface area contributed by atoms with Crippen molar-refractivity contribution in [3.63, 3.8) is 0 Å². The predicted molar refractivity (Wildman–Crippen MR) is 111 cm³/mol. The van der Waals surface area contributed by atoms with Gasteiger partial charge in [-0.2, -0.15) is 5.06 Å². The Balaban J connectivity index is 1.84. The Hall–Kier alpha value is -3.39. The fraction of sp³-hybridized carbons (Fsp3) is 0.348. The lowest BCUT2D eigenvalue weighted by atomic mass is 9.98. The van der Waals surface area contributed by atoms with Crippen LogP contribution in [0, 0.1) is 0 Å². The maximum Gasteiger partial charge on any atom is 0.434 e. The number of fused-ring (bicyclic) bond motifs is 3. The van der Waals surface area contributed by atoms with Gasteiger partial charge in [-0.15, -0.1) is 0 Å². The number of hydroxylamine groups is 2. The van der Waals surface area contributed by atoms with Crippen LogP contribution in [0.1, 0.15) is 44.2 Å². The van der Waals surface area contributed by atoms with E-state index in [-0.39, 0.29) is 12.5 Å². The van der Waals surface area contributed by atoms with E-state index in [2.05, 4.69) is 0 Å². The normalized spacial score (nSPS) is 13.8. The summed E-state index contributed by atoms with van der Waals surface area (Å²) in [4.78, 5) is 41.2. The lowest BCUT2D eigenvalue weighted by molar-refractivity contribution is -0.230. The van der Waals surface area contributed by atoms with E-state index < -0.39 is 36.1 Å². The molecule has 0 radical (unpaired) electrons. The minimum Gasteiger partial charge on any atom is -0.481 e. The average Bonchev–Trinajstić information content (AvgIpc) is 3.01. The number of hydrogen-bond acceptors (Lipinski definition) is 5. The van der Waals surface area contributed by atoms with Gasteiger partial charge in [-0.3, -0.25) is 9.63 Å². The van der Waals surface area contributed by atoms with Gasteiger partial charge in [0.25, 0.3) is 0 Å². The summed E-state index contributed by atoms with van der Waals surface area (Å²) < 4.78 is 5.47. The van der Waals surface area contributed by atoms with E-state index in [0.717, 1.165) is 22.3 Å². The quantitative estimate of drug-likeness (QED) is 0.644. The molecule has 3 rings (SSSR count). The molecule has 0 bridgehead atoms. The highest BCUT2D eigenvalue weighted by Gasteiger charge is 2.38. The van der Waals surface area contributed by atoms with Crippen molar-refractivity contribution >= 4 is 18.0 Å². The Bertz CT molecular complexity index is 950. The Morgan fingerprint density at radius 3 is 1.94 bits per heavy atom. The van der Waals surface area contributed by atoms with Crippen LogP contribution in [0.2, 0.25) is 0 Å². The summed E-state index contributed by atoms with van der Waals surface area (Å²) in [5.41, 5.74) is 3.16. The van der Waals surface area contributed by atoms with Crippen LogP contribution in [0.25, 0.3) is 11.1 Å². The van der Waals surface area contributed by atoms with Gasteiger partial charge < -0.3 is 14.9 Å². The minimum atomic E-state index is -1.73. The molecule has 0 fully saturated rings. The molecule has 0 aromatic heterocycles. The Labute approximate surface area is 180 Å². The first kappa shape index (κ1) is 22.3. The first-order valence-corrected chi connectivity index (χ1v) is 9.86. The molecule has 1 aliphatic carbocycles. The molecule has 1 amide bonds. The Morgan fingerprint density at radius 1 is 0.968 bits per heavy atom. The average molecular weight is 427 g/mol. The molecule has 0 aliphatic heterocycles. The minimum absolute atomic E-state index is 0.0454. The van der Waals surface area contributed by atoms with Crippen LogP contribution in [0.3, 0.4) is 0 Å². The number of carboxylic acid groups (broad SMARTS) is 2. The molecule has 0 unspecified atom stereocenters. The first-order valence-electron chi connectivity index (χ1n) is 9.86. The lowest BCUT2D eigenvalue weighted by Gasteiger charge is -2.32. The molecular formula is C23H25NO7. The van der Waals surface area contributed by atoms with Crippen molar-refractivity contribution in [2.24, 2.45) is 0 Å². The van der Waals surface area contributed by atoms with Crippen molar-refractivity contribution in [2.75, 3.05) is 6.61 Å². The van der Waals surface area contributed by atoms with Crippen molar-refractivity contribution in [2.45, 2.75) is 44.8 Å². The largest absolute Gasteiger partial charge is 0.481 e. The number of hydrogen-bond donors (Lipinski definition) is 2. The molecule has 164 valence electrons. The first-order chi connectivity index (χ1) is 14.6. The number of benzene rings is 2. The van der Waals surface area contributed by atoms with Gasteiger partial charge in [0.1, 0.15) is 6.61 Å². The molecule has 0 heterocycles. The summed E-state index contributed by atoms with van der Waals surface area (Å²) in [6, 6.07) is 13.9. The molecule has 1 aliphatic rings. The summed E-state index contributed by atoms with van der Waals surface area (Å²) in [6.45, 7) is 4.82. The number of carboxylic acids is 2. The van der Waals surface area contributed by atoms with Gasteiger partial charge in [0, 0.05) is 5.92 Å². The molecule has 8 nitrogen and oxygen atoms in total. The van der Waals surface area contributed by atoms with Gasteiger partial charge in [-0.05, 0) is 43.0 Å². The summed E-state index contributed by atoms with van der Waals surface area (Å²) in [5.74, 6) is -3.10. The second kappa shape index (κ2) is 8.77. The maximum atomic E-state index is 12.9. The molecule has 1 atom stereocenters. The zero-order chi connectivity index (χ0) is 22.8. The smallest absolute Gasteiger partial charge is 0.434 e. The second-order valence-electron chi connectivity index (χ2n) is 8.29. The molecule has 31 heavy (non-hydrogen) atoms. The van der Waals surface area contributed by atoms with E-state index in [0.29, 0.717) is 5.06 Å². The fourth-order valence-corrected chi connectivity index (χ4v) is 3.62. The molecular weight excluding hydrogens is 402 g/mol. The monoisotopic (exact) mass is 427 g/mol. The van der Waals surface area contributed by atoms with E-state index >= 15 is 0 Å². The third-order valence-corrected chi connectivity index (χ3v) is 4.82. The van der Waals surface area contributed by atoms with Gasteiger partial charge in [0.05, 0.1) is 12.0 Å². The van der Waals surface area contributed by atoms with Crippen molar-refractivity contribution in [1.29, 1.82) is 0 Å². The second-order valence-corrected chi connectivity index (χ2v) is 8.29. The zero-order valence-corrected chi connectivity index (χ0v) is 17.6. The Kier molecular flexibility index (Phi) is 6.31. The van der Waals surface area contributed by atoms with Crippen molar-refractivity contribution in [3.05, 3.63) is 59.7 Å². The number of ether oxygens (including phenoxy) is 1. The highest BCUT2D eigenvalue weighted by Crippen LogP contribution is 2.44. The van der Waals surface area contributed by atoms with Crippen molar-refractivity contribution in [3.8, 4) is 11.1 Å². The number of aliphatic carboxylic acids is 2. The molecule has 2 aromatic rings. The topological polar surface area (TPSA) is 113 Å². The van der Waals surface area contributed by atoms with Crippen LogP contribution < -0.4 is 0 Å². The van der Waals surface area contributed by atoms with Crippen LogP contribution in [0.5, 0.6) is 0 Å². The number of nitrogens with zero attached hydrogens (tertiary/aromatic N) is 1. The number of carbonyl (C=O) groups excluding carboxylic acids is 1. The van der Waals surface area contributed by atoms with Gasteiger partial charge in [0.15, 0.2) is 6.04 Å². The number of rotatable bonds is 7. The fourth-order valence-electron chi connectivity index (χ4n) is 3.62. The number of carbonyl (C=O) groups is 3. The van der Waals surface area contributed by atoms with E-state index in [4.69, 9.17) is 14.7 Å². The van der Waals surface area contributed by atoms with Crippen molar-refractivity contribution in [1.82, 2.24) is 5.06 Å². The molecule has 8 heteroatoms. The predicted octanol–water partition coefficient (Wildman–Crippen LogP) is 3.90. The third-order valence-electron chi connectivity index (χ3n) is 4.82. The van der Waals surface area contributed by atoms with Gasteiger partial charge >= 0.3 is 18.0 Å². The van der Waals surface area contributed by atoms with Crippen LogP contribution in [-0.2, 0) is 19.2 Å². The zero-order valence-electron chi connectivity index (χ0n) is 17.6. The van der Waals surface area contributed by atoms with Gasteiger partial charge in [0.2, 0.25) is 0 Å². The van der Waals surface area contributed by atoms with Gasteiger partial charge in [-0.25, -0.2) is 9.59 Å².